The molecule has 1 atom stereocenters. The lowest BCUT2D eigenvalue weighted by atomic mass is 10.1. The third kappa shape index (κ3) is 1.93. The van der Waals surface area contributed by atoms with Crippen LogP contribution in [-0.2, 0) is 13.0 Å². The van der Waals surface area contributed by atoms with E-state index in [2.05, 4.69) is 22.1 Å². The molecule has 1 aliphatic rings. The summed E-state index contributed by atoms with van der Waals surface area (Å²) in [5, 5.41) is 3.77. The zero-order valence-electron chi connectivity index (χ0n) is 8.44. The second-order valence-electron chi connectivity index (χ2n) is 3.79. The molecule has 5 nitrogen and oxygen atoms in total. The van der Waals surface area contributed by atoms with E-state index < -0.39 is 0 Å². The van der Waals surface area contributed by atoms with E-state index in [0.717, 1.165) is 6.42 Å². The molecule has 5 heteroatoms. The van der Waals surface area contributed by atoms with Crippen molar-refractivity contribution in [3.63, 3.8) is 0 Å². The molecular formula is C9H16N4O. The fourth-order valence-corrected chi connectivity index (χ4v) is 1.89. The van der Waals surface area contributed by atoms with E-state index in [1.54, 1.807) is 0 Å². The van der Waals surface area contributed by atoms with Crippen LogP contribution in [0.25, 0.3) is 0 Å². The monoisotopic (exact) mass is 196 g/mol. The Morgan fingerprint density at radius 1 is 1.64 bits per heavy atom. The molecule has 0 aromatic carbocycles. The minimum atomic E-state index is 0.351. The van der Waals surface area contributed by atoms with E-state index in [9.17, 15) is 0 Å². The minimum absolute atomic E-state index is 0.351. The summed E-state index contributed by atoms with van der Waals surface area (Å²) in [5.41, 5.74) is 5.40. The van der Waals surface area contributed by atoms with Gasteiger partial charge in [-0.05, 0) is 26.4 Å². The zero-order valence-corrected chi connectivity index (χ0v) is 8.44. The standard InChI is InChI=1S/C9H16N4O/c1-13-4-2-3-7(13)5-9-11-8(6-10)12-14-9/h7H,2-6,10H2,1H3. The molecule has 0 amide bonds. The van der Waals surface area contributed by atoms with Crippen molar-refractivity contribution in [1.29, 1.82) is 0 Å². The Morgan fingerprint density at radius 3 is 3.07 bits per heavy atom. The molecule has 0 radical (unpaired) electrons. The first-order valence-corrected chi connectivity index (χ1v) is 5.01. The maximum atomic E-state index is 5.40. The van der Waals surface area contributed by atoms with Crippen molar-refractivity contribution in [3.8, 4) is 0 Å². The van der Waals surface area contributed by atoms with Gasteiger partial charge in [0.25, 0.3) is 0 Å². The van der Waals surface area contributed by atoms with E-state index in [-0.39, 0.29) is 0 Å². The number of nitrogens with two attached hydrogens (primary N) is 1. The first-order valence-electron chi connectivity index (χ1n) is 5.01. The predicted molar refractivity (Wildman–Crippen MR) is 51.5 cm³/mol. The molecule has 1 aromatic heterocycles. The molecule has 1 aliphatic heterocycles. The lowest BCUT2D eigenvalue weighted by molar-refractivity contribution is 0.278. The quantitative estimate of drug-likeness (QED) is 0.746. The largest absolute Gasteiger partial charge is 0.339 e. The molecule has 0 spiro atoms. The average Bonchev–Trinajstić information content (AvgIpc) is 2.77. The van der Waals surface area contributed by atoms with Gasteiger partial charge in [-0.25, -0.2) is 0 Å². The summed E-state index contributed by atoms with van der Waals surface area (Å²) >= 11 is 0. The van der Waals surface area contributed by atoms with Gasteiger partial charge in [0, 0.05) is 12.5 Å². The maximum Gasteiger partial charge on any atom is 0.228 e. The zero-order chi connectivity index (χ0) is 9.97. The summed E-state index contributed by atoms with van der Waals surface area (Å²) < 4.78 is 5.10. The Labute approximate surface area is 83.3 Å². The van der Waals surface area contributed by atoms with Gasteiger partial charge in [-0.1, -0.05) is 5.16 Å². The van der Waals surface area contributed by atoms with Gasteiger partial charge < -0.3 is 15.2 Å². The first-order chi connectivity index (χ1) is 6.79. The second-order valence-corrected chi connectivity index (χ2v) is 3.79. The van der Waals surface area contributed by atoms with Gasteiger partial charge in [-0.2, -0.15) is 4.98 Å². The first kappa shape index (κ1) is 9.61. The van der Waals surface area contributed by atoms with E-state index in [1.807, 2.05) is 0 Å². The Bertz CT molecular complexity index is 299. The molecule has 2 rings (SSSR count). The number of aromatic nitrogens is 2. The van der Waals surface area contributed by atoms with Crippen molar-refractivity contribution in [2.45, 2.75) is 31.8 Å². The Kier molecular flexibility index (Phi) is 2.79. The summed E-state index contributed by atoms with van der Waals surface area (Å²) in [6.07, 6.45) is 3.33. The molecule has 2 heterocycles. The minimum Gasteiger partial charge on any atom is -0.339 e. The van der Waals surface area contributed by atoms with Crippen molar-refractivity contribution >= 4 is 0 Å². The third-order valence-electron chi connectivity index (χ3n) is 2.77. The predicted octanol–water partition coefficient (Wildman–Crippen LogP) is 0.165. The Hall–Kier alpha value is -0.940. The van der Waals surface area contributed by atoms with Crippen LogP contribution in [0.4, 0.5) is 0 Å². The molecule has 78 valence electrons. The number of hydrogen-bond acceptors (Lipinski definition) is 5. The van der Waals surface area contributed by atoms with Crippen molar-refractivity contribution < 1.29 is 4.52 Å². The summed E-state index contributed by atoms with van der Waals surface area (Å²) in [6, 6.07) is 0.557. The van der Waals surface area contributed by atoms with Crippen LogP contribution in [0.1, 0.15) is 24.6 Å². The highest BCUT2D eigenvalue weighted by Crippen LogP contribution is 2.18. The van der Waals surface area contributed by atoms with E-state index >= 15 is 0 Å². The van der Waals surface area contributed by atoms with Gasteiger partial charge in [0.2, 0.25) is 5.89 Å². The molecule has 1 fully saturated rings. The van der Waals surface area contributed by atoms with E-state index in [0.29, 0.717) is 24.3 Å². The molecule has 1 aromatic rings. The smallest absolute Gasteiger partial charge is 0.228 e. The number of likely N-dealkylation sites (N-methyl/N-ethyl adjacent to an activating group) is 1. The molecule has 2 N–H and O–H groups in total. The number of likely N-dealkylation sites (tertiary alicyclic amines) is 1. The SMILES string of the molecule is CN1CCCC1Cc1nc(CN)no1. The fourth-order valence-electron chi connectivity index (χ4n) is 1.89. The van der Waals surface area contributed by atoms with Crippen LogP contribution < -0.4 is 5.73 Å². The van der Waals surface area contributed by atoms with Crippen molar-refractivity contribution in [2.24, 2.45) is 5.73 Å². The summed E-state index contributed by atoms with van der Waals surface area (Å²) in [6.45, 7) is 1.52. The molecule has 1 saturated heterocycles. The highest BCUT2D eigenvalue weighted by molar-refractivity contribution is 4.91. The Morgan fingerprint density at radius 2 is 2.50 bits per heavy atom. The van der Waals surface area contributed by atoms with Crippen LogP contribution in [0.3, 0.4) is 0 Å². The second kappa shape index (κ2) is 4.06. The van der Waals surface area contributed by atoms with Gasteiger partial charge in [0.05, 0.1) is 6.54 Å². The van der Waals surface area contributed by atoms with Gasteiger partial charge in [-0.3, -0.25) is 0 Å². The number of nitrogens with zero attached hydrogens (tertiary/aromatic N) is 3. The number of hydrogen-bond donors (Lipinski definition) is 1. The van der Waals surface area contributed by atoms with Crippen molar-refractivity contribution in [1.82, 2.24) is 15.0 Å². The highest BCUT2D eigenvalue weighted by Gasteiger charge is 2.23. The van der Waals surface area contributed by atoms with Crippen LogP contribution in [0.15, 0.2) is 4.52 Å². The van der Waals surface area contributed by atoms with E-state index in [1.165, 1.54) is 19.4 Å². The van der Waals surface area contributed by atoms with Gasteiger partial charge in [0.1, 0.15) is 0 Å². The molecule has 1 unspecified atom stereocenters. The molecule has 14 heavy (non-hydrogen) atoms. The topological polar surface area (TPSA) is 68.2 Å². The van der Waals surface area contributed by atoms with Crippen LogP contribution in [0.5, 0.6) is 0 Å². The highest BCUT2D eigenvalue weighted by atomic mass is 16.5. The Balaban J connectivity index is 1.96. The van der Waals surface area contributed by atoms with Crippen LogP contribution in [0, 0.1) is 0 Å². The molecular weight excluding hydrogens is 180 g/mol. The molecule has 0 bridgehead atoms. The molecule has 0 saturated carbocycles. The summed E-state index contributed by atoms with van der Waals surface area (Å²) in [7, 11) is 2.14. The third-order valence-corrected chi connectivity index (χ3v) is 2.77. The van der Waals surface area contributed by atoms with Crippen molar-refractivity contribution in [2.75, 3.05) is 13.6 Å². The van der Waals surface area contributed by atoms with Crippen LogP contribution in [0.2, 0.25) is 0 Å². The molecule has 0 aliphatic carbocycles. The van der Waals surface area contributed by atoms with E-state index in [4.69, 9.17) is 10.3 Å². The van der Waals surface area contributed by atoms with Crippen LogP contribution >= 0.6 is 0 Å². The van der Waals surface area contributed by atoms with Gasteiger partial charge in [0.15, 0.2) is 5.82 Å². The maximum absolute atomic E-state index is 5.40. The average molecular weight is 196 g/mol. The van der Waals surface area contributed by atoms with Crippen LogP contribution in [-0.4, -0.2) is 34.7 Å². The van der Waals surface area contributed by atoms with Gasteiger partial charge >= 0.3 is 0 Å². The van der Waals surface area contributed by atoms with Gasteiger partial charge in [-0.15, -0.1) is 0 Å². The van der Waals surface area contributed by atoms with Crippen molar-refractivity contribution in [3.05, 3.63) is 11.7 Å². The number of rotatable bonds is 3. The summed E-state index contributed by atoms with van der Waals surface area (Å²) in [5.74, 6) is 1.31. The fraction of sp³-hybridized carbons (Fsp3) is 0.778. The lowest BCUT2D eigenvalue weighted by Crippen LogP contribution is -2.26. The lowest BCUT2D eigenvalue weighted by Gasteiger charge is -2.16. The normalized spacial score (nSPS) is 23.1. The summed E-state index contributed by atoms with van der Waals surface area (Å²) in [4.78, 5) is 6.54.